The van der Waals surface area contributed by atoms with Crippen molar-refractivity contribution >= 4 is 5.95 Å². The van der Waals surface area contributed by atoms with E-state index in [0.29, 0.717) is 43.6 Å². The van der Waals surface area contributed by atoms with Gasteiger partial charge in [-0.15, -0.1) is 0 Å². The summed E-state index contributed by atoms with van der Waals surface area (Å²) in [5.41, 5.74) is 0.231. The summed E-state index contributed by atoms with van der Waals surface area (Å²) in [6.45, 7) is 2.55. The van der Waals surface area contributed by atoms with E-state index in [-0.39, 0.29) is 11.5 Å². The number of aromatic nitrogens is 3. The van der Waals surface area contributed by atoms with Crippen LogP contribution in [0.2, 0.25) is 0 Å². The third kappa shape index (κ3) is 2.78. The molecule has 0 bridgehead atoms. The van der Waals surface area contributed by atoms with Gasteiger partial charge in [0.1, 0.15) is 5.82 Å². The van der Waals surface area contributed by atoms with Crippen molar-refractivity contribution in [3.63, 3.8) is 0 Å². The monoisotopic (exact) mass is 290 g/mol. The first-order valence-corrected chi connectivity index (χ1v) is 6.69. The summed E-state index contributed by atoms with van der Waals surface area (Å²) in [6.07, 6.45) is 0. The topological polar surface area (TPSA) is 60.2 Å². The lowest BCUT2D eigenvalue weighted by molar-refractivity contribution is 0.121. The molecule has 0 N–H and O–H groups in total. The summed E-state index contributed by atoms with van der Waals surface area (Å²) in [7, 11) is 1.64. The van der Waals surface area contributed by atoms with Crippen LogP contribution in [0.25, 0.3) is 11.4 Å². The molecule has 0 amide bonds. The Bertz CT molecular complexity index is 693. The first-order valence-electron chi connectivity index (χ1n) is 6.69. The molecule has 3 rings (SSSR count). The smallest absolute Gasteiger partial charge is 0.352 e. The maximum absolute atomic E-state index is 13.0. The molecule has 2 heterocycles. The molecule has 2 aromatic rings. The molecule has 1 aromatic heterocycles. The van der Waals surface area contributed by atoms with E-state index in [1.54, 1.807) is 19.2 Å². The van der Waals surface area contributed by atoms with Crippen LogP contribution in [0, 0.1) is 5.82 Å². The van der Waals surface area contributed by atoms with Gasteiger partial charge >= 0.3 is 5.69 Å². The van der Waals surface area contributed by atoms with E-state index in [4.69, 9.17) is 4.74 Å². The number of halogens is 1. The molecular formula is C14H15FN4O2. The number of hydrogen-bond acceptors (Lipinski definition) is 5. The maximum Gasteiger partial charge on any atom is 0.352 e. The zero-order chi connectivity index (χ0) is 14.8. The van der Waals surface area contributed by atoms with Crippen LogP contribution < -0.4 is 10.6 Å². The quantitative estimate of drug-likeness (QED) is 0.819. The van der Waals surface area contributed by atoms with Crippen molar-refractivity contribution in [1.82, 2.24) is 14.5 Å². The molecule has 7 heteroatoms. The minimum absolute atomic E-state index is 0.305. The van der Waals surface area contributed by atoms with Gasteiger partial charge in [0.15, 0.2) is 5.82 Å². The Hall–Kier alpha value is -2.28. The summed E-state index contributed by atoms with van der Waals surface area (Å²) in [4.78, 5) is 22.4. The highest BCUT2D eigenvalue weighted by Gasteiger charge is 2.18. The highest BCUT2D eigenvalue weighted by molar-refractivity contribution is 5.56. The number of morpholine rings is 1. The van der Waals surface area contributed by atoms with Gasteiger partial charge in [-0.25, -0.2) is 9.18 Å². The Morgan fingerprint density at radius 2 is 1.81 bits per heavy atom. The number of nitrogens with zero attached hydrogens (tertiary/aromatic N) is 4. The highest BCUT2D eigenvalue weighted by Crippen LogP contribution is 2.17. The van der Waals surface area contributed by atoms with Crippen LogP contribution in [-0.4, -0.2) is 40.8 Å². The summed E-state index contributed by atoms with van der Waals surface area (Å²) < 4.78 is 19.7. The van der Waals surface area contributed by atoms with Crippen molar-refractivity contribution in [3.05, 3.63) is 40.6 Å². The van der Waals surface area contributed by atoms with Gasteiger partial charge in [-0.1, -0.05) is 0 Å². The molecule has 1 fully saturated rings. The number of ether oxygens (including phenoxy) is 1. The maximum atomic E-state index is 13.0. The van der Waals surface area contributed by atoms with Crippen molar-refractivity contribution in [2.24, 2.45) is 7.05 Å². The third-order valence-electron chi connectivity index (χ3n) is 3.39. The van der Waals surface area contributed by atoms with E-state index >= 15 is 0 Å². The molecule has 0 unspecified atom stereocenters. The number of benzene rings is 1. The standard InChI is InChI=1S/C14H15FN4O2/c1-18-13(19-6-8-21-9-7-19)16-12(17-14(18)20)10-2-4-11(15)5-3-10/h2-5H,6-9H2,1H3. The van der Waals surface area contributed by atoms with E-state index in [1.165, 1.54) is 16.7 Å². The predicted octanol–water partition coefficient (Wildman–Crippen LogP) is 0.818. The molecule has 6 nitrogen and oxygen atoms in total. The molecule has 1 aliphatic heterocycles. The Balaban J connectivity index is 2.04. The summed E-state index contributed by atoms with van der Waals surface area (Å²) in [5, 5.41) is 0. The van der Waals surface area contributed by atoms with Crippen molar-refractivity contribution in [3.8, 4) is 11.4 Å². The Morgan fingerprint density at radius 3 is 2.48 bits per heavy atom. The first-order chi connectivity index (χ1) is 10.1. The van der Waals surface area contributed by atoms with E-state index < -0.39 is 0 Å². The average Bonchev–Trinajstić information content (AvgIpc) is 2.51. The van der Waals surface area contributed by atoms with Gasteiger partial charge in [0.2, 0.25) is 5.95 Å². The van der Waals surface area contributed by atoms with Gasteiger partial charge in [0.05, 0.1) is 13.2 Å². The fourth-order valence-corrected chi connectivity index (χ4v) is 2.22. The Morgan fingerprint density at radius 1 is 1.14 bits per heavy atom. The van der Waals surface area contributed by atoms with E-state index in [9.17, 15) is 9.18 Å². The van der Waals surface area contributed by atoms with Crippen LogP contribution in [0.4, 0.5) is 10.3 Å². The van der Waals surface area contributed by atoms with Crippen molar-refractivity contribution in [1.29, 1.82) is 0 Å². The number of rotatable bonds is 2. The molecule has 0 atom stereocenters. The largest absolute Gasteiger partial charge is 0.378 e. The van der Waals surface area contributed by atoms with Crippen LogP contribution in [0.5, 0.6) is 0 Å². The molecule has 110 valence electrons. The normalized spacial score (nSPS) is 15.2. The fraction of sp³-hybridized carbons (Fsp3) is 0.357. The highest BCUT2D eigenvalue weighted by atomic mass is 19.1. The third-order valence-corrected chi connectivity index (χ3v) is 3.39. The second kappa shape index (κ2) is 5.61. The van der Waals surface area contributed by atoms with Gasteiger partial charge in [-0.3, -0.25) is 4.57 Å². The number of hydrogen-bond donors (Lipinski definition) is 0. The molecule has 0 spiro atoms. The van der Waals surface area contributed by atoms with Crippen molar-refractivity contribution < 1.29 is 9.13 Å². The van der Waals surface area contributed by atoms with Gasteiger partial charge in [-0.05, 0) is 24.3 Å². The lowest BCUT2D eigenvalue weighted by atomic mass is 10.2. The minimum Gasteiger partial charge on any atom is -0.378 e. The lowest BCUT2D eigenvalue weighted by Gasteiger charge is -2.28. The van der Waals surface area contributed by atoms with Gasteiger partial charge in [0.25, 0.3) is 0 Å². The lowest BCUT2D eigenvalue weighted by Crippen LogP contribution is -2.40. The predicted molar refractivity (Wildman–Crippen MR) is 75.7 cm³/mol. The molecule has 1 aromatic carbocycles. The fourth-order valence-electron chi connectivity index (χ4n) is 2.22. The molecule has 1 aliphatic rings. The van der Waals surface area contributed by atoms with Crippen molar-refractivity contribution in [2.45, 2.75) is 0 Å². The molecule has 0 radical (unpaired) electrons. The zero-order valence-electron chi connectivity index (χ0n) is 11.6. The van der Waals surface area contributed by atoms with Crippen LogP contribution in [0.15, 0.2) is 29.1 Å². The second-order valence-electron chi connectivity index (χ2n) is 4.80. The van der Waals surface area contributed by atoms with Gasteiger partial charge in [-0.2, -0.15) is 9.97 Å². The van der Waals surface area contributed by atoms with Gasteiger partial charge < -0.3 is 9.64 Å². The SMILES string of the molecule is Cn1c(N2CCOCC2)nc(-c2ccc(F)cc2)nc1=O. The Kier molecular flexibility index (Phi) is 3.66. The van der Waals surface area contributed by atoms with Gasteiger partial charge in [0, 0.05) is 25.7 Å². The molecule has 0 saturated carbocycles. The minimum atomic E-state index is -0.384. The molecule has 1 saturated heterocycles. The van der Waals surface area contributed by atoms with Crippen LogP contribution >= 0.6 is 0 Å². The van der Waals surface area contributed by atoms with E-state index in [0.717, 1.165) is 0 Å². The van der Waals surface area contributed by atoms with Crippen LogP contribution in [0.1, 0.15) is 0 Å². The van der Waals surface area contributed by atoms with Crippen molar-refractivity contribution in [2.75, 3.05) is 31.2 Å². The second-order valence-corrected chi connectivity index (χ2v) is 4.80. The number of anilines is 1. The zero-order valence-corrected chi connectivity index (χ0v) is 11.6. The summed E-state index contributed by atoms with van der Waals surface area (Å²) >= 11 is 0. The molecule has 0 aliphatic carbocycles. The summed E-state index contributed by atoms with van der Waals surface area (Å²) in [5.74, 6) is 0.521. The summed E-state index contributed by atoms with van der Waals surface area (Å²) in [6, 6.07) is 5.77. The molecular weight excluding hydrogens is 275 g/mol. The van der Waals surface area contributed by atoms with Crippen LogP contribution in [0.3, 0.4) is 0 Å². The Labute approximate surface area is 120 Å². The average molecular weight is 290 g/mol. The van der Waals surface area contributed by atoms with E-state index in [1.807, 2.05) is 4.90 Å². The first kappa shape index (κ1) is 13.7. The van der Waals surface area contributed by atoms with E-state index in [2.05, 4.69) is 9.97 Å². The molecule has 21 heavy (non-hydrogen) atoms. The van der Waals surface area contributed by atoms with Crippen LogP contribution in [-0.2, 0) is 11.8 Å².